The Bertz CT molecular complexity index is 479. The SMILES string of the molecule is CCSc1ccc(Cn2nnnc2CNC)cc1. The van der Waals surface area contributed by atoms with Gasteiger partial charge >= 0.3 is 0 Å². The summed E-state index contributed by atoms with van der Waals surface area (Å²) in [6.45, 7) is 3.54. The molecule has 0 saturated heterocycles. The smallest absolute Gasteiger partial charge is 0.165 e. The van der Waals surface area contributed by atoms with E-state index >= 15 is 0 Å². The Morgan fingerprint density at radius 3 is 2.72 bits per heavy atom. The van der Waals surface area contributed by atoms with Gasteiger partial charge in [-0.2, -0.15) is 0 Å². The maximum absolute atomic E-state index is 4.00. The summed E-state index contributed by atoms with van der Waals surface area (Å²) in [5.74, 6) is 1.95. The second-order valence-electron chi connectivity index (χ2n) is 3.86. The molecule has 0 unspecified atom stereocenters. The van der Waals surface area contributed by atoms with E-state index in [1.165, 1.54) is 10.5 Å². The van der Waals surface area contributed by atoms with Crippen LogP contribution < -0.4 is 5.32 Å². The van der Waals surface area contributed by atoms with E-state index in [2.05, 4.69) is 52.0 Å². The third-order valence-electron chi connectivity index (χ3n) is 2.51. The lowest BCUT2D eigenvalue weighted by Gasteiger charge is -2.05. The first-order chi connectivity index (χ1) is 8.83. The zero-order valence-corrected chi connectivity index (χ0v) is 11.4. The molecular formula is C12H17N5S. The van der Waals surface area contributed by atoms with E-state index in [1.54, 1.807) is 0 Å². The number of tetrazole rings is 1. The highest BCUT2D eigenvalue weighted by Crippen LogP contribution is 2.18. The van der Waals surface area contributed by atoms with Crippen LogP contribution in [0.15, 0.2) is 29.2 Å². The van der Waals surface area contributed by atoms with Gasteiger partial charge in [0.15, 0.2) is 5.82 Å². The van der Waals surface area contributed by atoms with Crippen LogP contribution in [0.5, 0.6) is 0 Å². The molecule has 0 spiro atoms. The molecule has 1 heterocycles. The minimum atomic E-state index is 0.677. The molecule has 0 amide bonds. The number of benzene rings is 1. The summed E-state index contributed by atoms with van der Waals surface area (Å²) in [5.41, 5.74) is 1.21. The highest BCUT2D eigenvalue weighted by atomic mass is 32.2. The molecule has 0 aliphatic rings. The molecular weight excluding hydrogens is 246 g/mol. The van der Waals surface area contributed by atoms with Gasteiger partial charge < -0.3 is 5.32 Å². The molecule has 0 aliphatic carbocycles. The van der Waals surface area contributed by atoms with Crippen molar-refractivity contribution in [3.63, 3.8) is 0 Å². The van der Waals surface area contributed by atoms with Crippen LogP contribution in [0.3, 0.4) is 0 Å². The minimum absolute atomic E-state index is 0.677. The van der Waals surface area contributed by atoms with Crippen LogP contribution in [0.1, 0.15) is 18.3 Å². The molecule has 1 aromatic heterocycles. The van der Waals surface area contributed by atoms with Crippen LogP contribution >= 0.6 is 11.8 Å². The zero-order valence-electron chi connectivity index (χ0n) is 10.6. The standard InChI is InChI=1S/C12H17N5S/c1-3-18-11-6-4-10(5-7-11)9-17-12(8-13-2)14-15-16-17/h4-7,13H,3,8-9H2,1-2H3. The Morgan fingerprint density at radius 1 is 1.28 bits per heavy atom. The maximum Gasteiger partial charge on any atom is 0.165 e. The zero-order chi connectivity index (χ0) is 12.8. The van der Waals surface area contributed by atoms with Crippen LogP contribution in [-0.2, 0) is 13.1 Å². The molecule has 2 aromatic rings. The quantitative estimate of drug-likeness (QED) is 0.801. The number of rotatable bonds is 6. The minimum Gasteiger partial charge on any atom is -0.313 e. The van der Waals surface area contributed by atoms with Gasteiger partial charge in [-0.1, -0.05) is 19.1 Å². The molecule has 18 heavy (non-hydrogen) atoms. The summed E-state index contributed by atoms with van der Waals surface area (Å²) in [4.78, 5) is 1.30. The average Bonchev–Trinajstić information content (AvgIpc) is 2.80. The van der Waals surface area contributed by atoms with Gasteiger partial charge in [0.05, 0.1) is 13.1 Å². The van der Waals surface area contributed by atoms with Gasteiger partial charge in [-0.25, -0.2) is 4.68 Å². The first-order valence-corrected chi connectivity index (χ1v) is 6.93. The molecule has 0 aliphatic heterocycles. The summed E-state index contributed by atoms with van der Waals surface area (Å²) >= 11 is 1.85. The molecule has 5 nitrogen and oxygen atoms in total. The van der Waals surface area contributed by atoms with Crippen LogP contribution in [0.25, 0.3) is 0 Å². The third-order valence-corrected chi connectivity index (χ3v) is 3.40. The summed E-state index contributed by atoms with van der Waals surface area (Å²) in [6, 6.07) is 8.54. The maximum atomic E-state index is 4.00. The van der Waals surface area contributed by atoms with Gasteiger partial charge in [-0.3, -0.25) is 0 Å². The highest BCUT2D eigenvalue weighted by molar-refractivity contribution is 7.99. The van der Waals surface area contributed by atoms with Gasteiger partial charge in [0.25, 0.3) is 0 Å². The lowest BCUT2D eigenvalue weighted by molar-refractivity contribution is 0.601. The molecule has 1 N–H and O–H groups in total. The highest BCUT2D eigenvalue weighted by Gasteiger charge is 2.05. The van der Waals surface area contributed by atoms with Crippen molar-refractivity contribution in [2.45, 2.75) is 24.9 Å². The Kier molecular flexibility index (Phi) is 4.72. The fourth-order valence-corrected chi connectivity index (χ4v) is 2.32. The van der Waals surface area contributed by atoms with Crippen molar-refractivity contribution < 1.29 is 0 Å². The number of hydrogen-bond donors (Lipinski definition) is 1. The Labute approximate surface area is 111 Å². The van der Waals surface area contributed by atoms with Crippen molar-refractivity contribution in [2.24, 2.45) is 0 Å². The second-order valence-corrected chi connectivity index (χ2v) is 5.20. The van der Waals surface area contributed by atoms with Crippen molar-refractivity contribution in [2.75, 3.05) is 12.8 Å². The molecule has 0 saturated carbocycles. The summed E-state index contributed by atoms with van der Waals surface area (Å²) in [6.07, 6.45) is 0. The third kappa shape index (κ3) is 3.30. The normalized spacial score (nSPS) is 10.8. The number of aromatic nitrogens is 4. The summed E-state index contributed by atoms with van der Waals surface area (Å²) in [5, 5.41) is 14.7. The van der Waals surface area contributed by atoms with Crippen LogP contribution in [0, 0.1) is 0 Å². The monoisotopic (exact) mass is 263 g/mol. The number of thioether (sulfide) groups is 1. The van der Waals surface area contributed by atoms with Crippen molar-refractivity contribution in [1.29, 1.82) is 0 Å². The van der Waals surface area contributed by atoms with Crippen LogP contribution in [0.4, 0.5) is 0 Å². The number of hydrogen-bond acceptors (Lipinski definition) is 5. The predicted molar refractivity (Wildman–Crippen MR) is 72.5 cm³/mol. The van der Waals surface area contributed by atoms with E-state index in [9.17, 15) is 0 Å². The molecule has 6 heteroatoms. The van der Waals surface area contributed by atoms with Gasteiger partial charge in [-0.05, 0) is 40.9 Å². The molecule has 2 rings (SSSR count). The van der Waals surface area contributed by atoms with E-state index in [4.69, 9.17) is 0 Å². The van der Waals surface area contributed by atoms with E-state index < -0.39 is 0 Å². The topological polar surface area (TPSA) is 55.6 Å². The van der Waals surface area contributed by atoms with Crippen molar-refractivity contribution >= 4 is 11.8 Å². The van der Waals surface area contributed by atoms with Gasteiger partial charge in [0.1, 0.15) is 0 Å². The van der Waals surface area contributed by atoms with Crippen molar-refractivity contribution in [3.05, 3.63) is 35.7 Å². The number of nitrogens with one attached hydrogen (secondary N) is 1. The molecule has 0 fully saturated rings. The van der Waals surface area contributed by atoms with Crippen LogP contribution in [0.2, 0.25) is 0 Å². The Hall–Kier alpha value is -1.40. The van der Waals surface area contributed by atoms with Crippen molar-refractivity contribution in [3.8, 4) is 0 Å². The lowest BCUT2D eigenvalue weighted by Crippen LogP contribution is -2.14. The predicted octanol–water partition coefficient (Wildman–Crippen LogP) is 1.55. The van der Waals surface area contributed by atoms with E-state index in [1.807, 2.05) is 23.5 Å². The van der Waals surface area contributed by atoms with Gasteiger partial charge in [0, 0.05) is 4.90 Å². The largest absolute Gasteiger partial charge is 0.313 e. The molecule has 96 valence electrons. The van der Waals surface area contributed by atoms with E-state index in [0.29, 0.717) is 13.1 Å². The fraction of sp³-hybridized carbons (Fsp3) is 0.417. The molecule has 0 bridgehead atoms. The van der Waals surface area contributed by atoms with Crippen LogP contribution in [-0.4, -0.2) is 33.0 Å². The molecule has 0 radical (unpaired) electrons. The number of nitrogens with zero attached hydrogens (tertiary/aromatic N) is 4. The lowest BCUT2D eigenvalue weighted by atomic mass is 10.2. The fourth-order valence-electron chi connectivity index (χ4n) is 1.66. The molecule has 1 aromatic carbocycles. The second kappa shape index (κ2) is 6.51. The molecule has 0 atom stereocenters. The first-order valence-electron chi connectivity index (χ1n) is 5.95. The summed E-state index contributed by atoms with van der Waals surface area (Å²) < 4.78 is 1.82. The van der Waals surface area contributed by atoms with E-state index in [-0.39, 0.29) is 0 Å². The first kappa shape index (κ1) is 13.0. The van der Waals surface area contributed by atoms with Gasteiger partial charge in [0.2, 0.25) is 0 Å². The Morgan fingerprint density at radius 2 is 2.06 bits per heavy atom. The van der Waals surface area contributed by atoms with E-state index in [0.717, 1.165) is 11.6 Å². The van der Waals surface area contributed by atoms with Crippen molar-refractivity contribution in [1.82, 2.24) is 25.5 Å². The average molecular weight is 263 g/mol. The Balaban J connectivity index is 2.06. The van der Waals surface area contributed by atoms with Gasteiger partial charge in [-0.15, -0.1) is 16.9 Å². The summed E-state index contributed by atoms with van der Waals surface area (Å²) in [7, 11) is 1.88.